The van der Waals surface area contributed by atoms with Gasteiger partial charge in [0.2, 0.25) is 0 Å². The van der Waals surface area contributed by atoms with E-state index in [0.29, 0.717) is 32.8 Å². The van der Waals surface area contributed by atoms with Gasteiger partial charge in [0.15, 0.2) is 23.3 Å². The molecule has 10 heteroatoms. The Morgan fingerprint density at radius 3 is 2.62 bits per heavy atom. The van der Waals surface area contributed by atoms with Crippen LogP contribution in [0, 0.1) is 0 Å². The van der Waals surface area contributed by atoms with E-state index in [1.807, 2.05) is 0 Å². The summed E-state index contributed by atoms with van der Waals surface area (Å²) in [6, 6.07) is 11.2. The quantitative estimate of drug-likeness (QED) is 0.499. The number of esters is 1. The molecule has 0 radical (unpaired) electrons. The van der Waals surface area contributed by atoms with Crippen LogP contribution in [0.4, 0.5) is 5.69 Å². The smallest absolute Gasteiger partial charge is 0.343 e. The average molecular weight is 456 g/mol. The van der Waals surface area contributed by atoms with Gasteiger partial charge in [-0.1, -0.05) is 12.1 Å². The molecule has 0 bridgehead atoms. The number of hydrogen-bond acceptors (Lipinski definition) is 8. The lowest BCUT2D eigenvalue weighted by Crippen LogP contribution is -2.23. The van der Waals surface area contributed by atoms with Crippen molar-refractivity contribution in [2.75, 3.05) is 27.9 Å². The van der Waals surface area contributed by atoms with Crippen molar-refractivity contribution < 1.29 is 33.7 Å². The Bertz CT molecular complexity index is 1130. The number of benzene rings is 2. The number of carbonyl (C=O) groups is 3. The van der Waals surface area contributed by atoms with Gasteiger partial charge in [-0.05, 0) is 53.7 Å². The van der Waals surface area contributed by atoms with Gasteiger partial charge in [0.1, 0.15) is 0 Å². The molecule has 0 saturated carbocycles. The number of amides is 1. The minimum absolute atomic E-state index is 0.112. The zero-order valence-electron chi connectivity index (χ0n) is 17.5. The summed E-state index contributed by atoms with van der Waals surface area (Å²) in [5.41, 5.74) is 1.23. The largest absolute Gasteiger partial charge is 0.493 e. The summed E-state index contributed by atoms with van der Waals surface area (Å²) in [6.45, 7) is -0.255. The zero-order chi connectivity index (χ0) is 23.3. The number of rotatable bonds is 7. The molecule has 1 N–H and O–H groups in total. The second-order valence-corrected chi connectivity index (χ2v) is 7.51. The number of carboxylic acid groups (broad SMARTS) is 1. The minimum atomic E-state index is -1.05. The fourth-order valence-electron chi connectivity index (χ4n) is 2.71. The Morgan fingerprint density at radius 1 is 1.16 bits per heavy atom. The number of likely N-dealkylation sites (N-methyl/N-ethyl adjacent to an activating group) is 1. The SMILES string of the molecule is COC(=O)COc1ccc(/C=C2/SC(=Nc3cccc(C(=O)O)c3)N(C)C2=O)cc1OC. The van der Waals surface area contributed by atoms with Crippen molar-refractivity contribution in [2.45, 2.75) is 0 Å². The van der Waals surface area contributed by atoms with E-state index in [-0.39, 0.29) is 18.1 Å². The molecule has 2 aromatic carbocycles. The van der Waals surface area contributed by atoms with Gasteiger partial charge < -0.3 is 19.3 Å². The Hall–Kier alpha value is -3.79. The molecule has 1 aliphatic rings. The molecule has 1 amide bonds. The maximum Gasteiger partial charge on any atom is 0.343 e. The summed E-state index contributed by atoms with van der Waals surface area (Å²) in [5.74, 6) is -1.05. The Morgan fingerprint density at radius 2 is 1.94 bits per heavy atom. The highest BCUT2D eigenvalue weighted by Crippen LogP contribution is 2.35. The third-order valence-corrected chi connectivity index (χ3v) is 5.44. The molecule has 0 atom stereocenters. The minimum Gasteiger partial charge on any atom is -0.493 e. The lowest BCUT2D eigenvalue weighted by atomic mass is 10.2. The van der Waals surface area contributed by atoms with Gasteiger partial charge in [-0.3, -0.25) is 9.69 Å². The molecule has 32 heavy (non-hydrogen) atoms. The Balaban J connectivity index is 1.83. The van der Waals surface area contributed by atoms with Crippen molar-refractivity contribution in [3.05, 3.63) is 58.5 Å². The number of hydrogen-bond donors (Lipinski definition) is 1. The second kappa shape index (κ2) is 10.0. The van der Waals surface area contributed by atoms with Crippen LogP contribution in [0.5, 0.6) is 11.5 Å². The van der Waals surface area contributed by atoms with Crippen molar-refractivity contribution in [1.82, 2.24) is 4.90 Å². The predicted molar refractivity (Wildman–Crippen MR) is 119 cm³/mol. The van der Waals surface area contributed by atoms with Crippen LogP contribution in [-0.2, 0) is 14.3 Å². The number of amidine groups is 1. The highest BCUT2D eigenvalue weighted by Gasteiger charge is 2.30. The fraction of sp³-hybridized carbons (Fsp3) is 0.182. The normalized spacial score (nSPS) is 15.8. The molecule has 9 nitrogen and oxygen atoms in total. The van der Waals surface area contributed by atoms with Gasteiger partial charge in [0.25, 0.3) is 5.91 Å². The first-order valence-electron chi connectivity index (χ1n) is 9.29. The lowest BCUT2D eigenvalue weighted by molar-refractivity contribution is -0.142. The molecule has 166 valence electrons. The summed E-state index contributed by atoms with van der Waals surface area (Å²) >= 11 is 1.17. The molecule has 2 aromatic rings. The first kappa shape index (κ1) is 22.9. The number of aromatic carboxylic acids is 1. The predicted octanol–water partition coefficient (Wildman–Crippen LogP) is 3.18. The number of carbonyl (C=O) groups excluding carboxylic acids is 2. The molecule has 1 heterocycles. The van der Waals surface area contributed by atoms with E-state index in [2.05, 4.69) is 9.73 Å². The van der Waals surface area contributed by atoms with E-state index in [4.69, 9.17) is 14.6 Å². The molecule has 0 spiro atoms. The van der Waals surface area contributed by atoms with Crippen LogP contribution in [0.3, 0.4) is 0 Å². The topological polar surface area (TPSA) is 115 Å². The van der Waals surface area contributed by atoms with E-state index in [1.165, 1.54) is 43.0 Å². The van der Waals surface area contributed by atoms with Crippen LogP contribution in [-0.4, -0.2) is 60.9 Å². The third-order valence-electron chi connectivity index (χ3n) is 4.38. The molecule has 1 aliphatic heterocycles. The van der Waals surface area contributed by atoms with Gasteiger partial charge in [-0.2, -0.15) is 0 Å². The number of aliphatic imine (C=N–C) groups is 1. The van der Waals surface area contributed by atoms with Crippen molar-refractivity contribution in [3.63, 3.8) is 0 Å². The number of nitrogens with zero attached hydrogens (tertiary/aromatic N) is 2. The number of ether oxygens (including phenoxy) is 3. The van der Waals surface area contributed by atoms with E-state index < -0.39 is 11.9 Å². The number of carboxylic acids is 1. The molecule has 3 rings (SSSR count). The standard InChI is InChI=1S/C22H20N2O7S/c1-24-20(26)18(32-22(24)23-15-6-4-5-14(11-15)21(27)28)10-13-7-8-16(17(9-13)29-2)31-12-19(25)30-3/h4-11H,12H2,1-3H3,(H,27,28)/b18-10+,23-22?. The molecule has 0 aliphatic carbocycles. The molecular weight excluding hydrogens is 436 g/mol. The highest BCUT2D eigenvalue weighted by atomic mass is 32.2. The van der Waals surface area contributed by atoms with Gasteiger partial charge in [0, 0.05) is 7.05 Å². The fourth-order valence-corrected chi connectivity index (χ4v) is 3.70. The van der Waals surface area contributed by atoms with E-state index in [1.54, 1.807) is 43.5 Å². The van der Waals surface area contributed by atoms with Gasteiger partial charge in [-0.15, -0.1) is 0 Å². The monoisotopic (exact) mass is 456 g/mol. The molecular formula is C22H20N2O7S. The summed E-state index contributed by atoms with van der Waals surface area (Å²) < 4.78 is 15.3. The van der Waals surface area contributed by atoms with Crippen LogP contribution in [0.15, 0.2) is 52.4 Å². The second-order valence-electron chi connectivity index (χ2n) is 6.50. The van der Waals surface area contributed by atoms with Crippen LogP contribution in [0.2, 0.25) is 0 Å². The summed E-state index contributed by atoms with van der Waals surface area (Å²) in [4.78, 5) is 41.4. The van der Waals surface area contributed by atoms with Crippen LogP contribution in [0.25, 0.3) is 6.08 Å². The molecule has 0 unspecified atom stereocenters. The first-order valence-corrected chi connectivity index (χ1v) is 10.1. The number of methoxy groups -OCH3 is 2. The van der Waals surface area contributed by atoms with Gasteiger partial charge in [0.05, 0.1) is 30.4 Å². The number of thioether (sulfide) groups is 1. The summed E-state index contributed by atoms with van der Waals surface area (Å²) in [6.07, 6.45) is 1.69. The van der Waals surface area contributed by atoms with E-state index in [0.717, 1.165) is 0 Å². The first-order chi connectivity index (χ1) is 15.3. The van der Waals surface area contributed by atoms with E-state index in [9.17, 15) is 14.4 Å². The molecule has 1 saturated heterocycles. The van der Waals surface area contributed by atoms with Crippen LogP contribution < -0.4 is 9.47 Å². The lowest BCUT2D eigenvalue weighted by Gasteiger charge is -2.10. The molecule has 1 fully saturated rings. The van der Waals surface area contributed by atoms with Crippen molar-refractivity contribution in [2.24, 2.45) is 4.99 Å². The Kier molecular flexibility index (Phi) is 7.16. The van der Waals surface area contributed by atoms with Crippen molar-refractivity contribution in [1.29, 1.82) is 0 Å². The highest BCUT2D eigenvalue weighted by molar-refractivity contribution is 8.18. The summed E-state index contributed by atoms with van der Waals surface area (Å²) in [7, 11) is 4.34. The van der Waals surface area contributed by atoms with Gasteiger partial charge in [-0.25, -0.2) is 14.6 Å². The van der Waals surface area contributed by atoms with Crippen LogP contribution in [0.1, 0.15) is 15.9 Å². The van der Waals surface area contributed by atoms with Gasteiger partial charge >= 0.3 is 11.9 Å². The zero-order valence-corrected chi connectivity index (χ0v) is 18.3. The third kappa shape index (κ3) is 5.27. The Labute approximate surface area is 188 Å². The van der Waals surface area contributed by atoms with Crippen molar-refractivity contribution in [3.8, 4) is 11.5 Å². The maximum atomic E-state index is 12.7. The summed E-state index contributed by atoms with van der Waals surface area (Å²) in [5, 5.41) is 9.56. The van der Waals surface area contributed by atoms with Crippen LogP contribution >= 0.6 is 11.8 Å². The average Bonchev–Trinajstić information content (AvgIpc) is 3.05. The van der Waals surface area contributed by atoms with E-state index >= 15 is 0 Å². The van der Waals surface area contributed by atoms with Crippen molar-refractivity contribution >= 4 is 46.5 Å². The molecule has 0 aromatic heterocycles. The maximum absolute atomic E-state index is 12.7.